The van der Waals surface area contributed by atoms with Crippen molar-refractivity contribution in [2.24, 2.45) is 5.90 Å². The van der Waals surface area contributed by atoms with E-state index in [0.29, 0.717) is 0 Å². The number of epoxide rings is 1. The van der Waals surface area contributed by atoms with Crippen molar-refractivity contribution in [1.29, 1.82) is 0 Å². The van der Waals surface area contributed by atoms with Gasteiger partial charge < -0.3 is 9.47 Å². The van der Waals surface area contributed by atoms with Crippen molar-refractivity contribution >= 4 is 0 Å². The minimum atomic E-state index is -0.531. The van der Waals surface area contributed by atoms with Crippen molar-refractivity contribution in [2.75, 3.05) is 0 Å². The van der Waals surface area contributed by atoms with Crippen molar-refractivity contribution < 1.29 is 14.3 Å². The summed E-state index contributed by atoms with van der Waals surface area (Å²) in [6.45, 7) is 9.78. The van der Waals surface area contributed by atoms with Crippen LogP contribution in [0.1, 0.15) is 41.0 Å². The first-order valence-corrected chi connectivity index (χ1v) is 5.05. The summed E-state index contributed by atoms with van der Waals surface area (Å²) < 4.78 is 11.1. The van der Waals surface area contributed by atoms with Gasteiger partial charge in [-0.3, -0.25) is 4.84 Å². The lowest BCUT2D eigenvalue weighted by molar-refractivity contribution is -0.197. The van der Waals surface area contributed by atoms with Crippen molar-refractivity contribution in [2.45, 2.75) is 64.6 Å². The summed E-state index contributed by atoms with van der Waals surface area (Å²) in [5.41, 5.74) is -0.992. The van der Waals surface area contributed by atoms with Gasteiger partial charge in [0.15, 0.2) is 6.29 Å². The maximum absolute atomic E-state index is 5.78. The van der Waals surface area contributed by atoms with Crippen LogP contribution in [0, 0.1) is 0 Å². The molecule has 0 spiro atoms. The molecule has 0 aromatic rings. The Kier molecular flexibility index (Phi) is 3.21. The lowest BCUT2D eigenvalue weighted by Crippen LogP contribution is -2.51. The van der Waals surface area contributed by atoms with E-state index in [4.69, 9.17) is 20.2 Å². The number of ether oxygens (including phenoxy) is 2. The molecule has 0 bridgehead atoms. The van der Waals surface area contributed by atoms with Crippen molar-refractivity contribution in [3.8, 4) is 0 Å². The molecule has 1 aliphatic heterocycles. The Morgan fingerprint density at radius 3 is 2.14 bits per heavy atom. The normalized spacial score (nSPS) is 27.9. The second kappa shape index (κ2) is 3.77. The van der Waals surface area contributed by atoms with Crippen LogP contribution in [0.3, 0.4) is 0 Å². The quantitative estimate of drug-likeness (QED) is 0.544. The second-order valence-corrected chi connectivity index (χ2v) is 4.71. The SMILES string of the molecule is CCC1OC1OC(C)(C)C(C)(C)ON. The Morgan fingerprint density at radius 2 is 1.79 bits per heavy atom. The molecule has 14 heavy (non-hydrogen) atoms. The predicted octanol–water partition coefficient (Wildman–Crippen LogP) is 1.59. The molecule has 0 radical (unpaired) electrons. The molecule has 4 heteroatoms. The molecule has 0 aliphatic carbocycles. The molecule has 1 aliphatic rings. The van der Waals surface area contributed by atoms with E-state index in [2.05, 4.69) is 6.92 Å². The molecule has 0 aromatic heterocycles. The van der Waals surface area contributed by atoms with Gasteiger partial charge in [-0.25, -0.2) is 5.90 Å². The lowest BCUT2D eigenvalue weighted by Gasteiger charge is -2.38. The summed E-state index contributed by atoms with van der Waals surface area (Å²) in [4.78, 5) is 4.92. The number of hydrogen-bond donors (Lipinski definition) is 1. The van der Waals surface area contributed by atoms with Gasteiger partial charge >= 0.3 is 0 Å². The van der Waals surface area contributed by atoms with Gasteiger partial charge in [-0.1, -0.05) is 6.92 Å². The zero-order valence-corrected chi connectivity index (χ0v) is 9.66. The number of nitrogens with two attached hydrogens (primary N) is 1. The molecule has 2 unspecified atom stereocenters. The Labute approximate surface area is 85.7 Å². The van der Waals surface area contributed by atoms with E-state index in [1.165, 1.54) is 0 Å². The van der Waals surface area contributed by atoms with Gasteiger partial charge in [-0.15, -0.1) is 0 Å². The largest absolute Gasteiger partial charge is 0.341 e. The summed E-state index contributed by atoms with van der Waals surface area (Å²) in [6, 6.07) is 0. The third-order valence-corrected chi connectivity index (χ3v) is 3.09. The molecular weight excluding hydrogens is 182 g/mol. The van der Waals surface area contributed by atoms with E-state index >= 15 is 0 Å². The Balaban J connectivity index is 2.50. The molecule has 1 heterocycles. The first-order chi connectivity index (χ1) is 6.34. The van der Waals surface area contributed by atoms with E-state index < -0.39 is 11.2 Å². The lowest BCUT2D eigenvalue weighted by atomic mass is 9.89. The van der Waals surface area contributed by atoms with Crippen molar-refractivity contribution in [3.63, 3.8) is 0 Å². The standard InChI is InChI=1S/C10H21NO3/c1-6-7-8(12-7)13-9(2,3)10(4,5)14-11/h7-8H,6,11H2,1-5H3. The van der Waals surface area contributed by atoms with Crippen LogP contribution < -0.4 is 5.90 Å². The van der Waals surface area contributed by atoms with Gasteiger partial charge in [0.25, 0.3) is 0 Å². The summed E-state index contributed by atoms with van der Waals surface area (Å²) in [7, 11) is 0. The fraction of sp³-hybridized carbons (Fsp3) is 1.00. The smallest absolute Gasteiger partial charge is 0.185 e. The van der Waals surface area contributed by atoms with Crippen LogP contribution in [0.25, 0.3) is 0 Å². The van der Waals surface area contributed by atoms with Crippen molar-refractivity contribution in [3.05, 3.63) is 0 Å². The highest BCUT2D eigenvalue weighted by Crippen LogP contribution is 2.36. The van der Waals surface area contributed by atoms with E-state index in [9.17, 15) is 0 Å². The summed E-state index contributed by atoms with van der Waals surface area (Å²) in [5.74, 6) is 5.23. The van der Waals surface area contributed by atoms with Gasteiger partial charge in [0, 0.05) is 0 Å². The molecule has 0 saturated carbocycles. The fourth-order valence-corrected chi connectivity index (χ4v) is 1.09. The molecule has 84 valence electrons. The summed E-state index contributed by atoms with van der Waals surface area (Å²) >= 11 is 0. The summed E-state index contributed by atoms with van der Waals surface area (Å²) in [6.07, 6.45) is 1.12. The maximum Gasteiger partial charge on any atom is 0.185 e. The molecule has 1 fully saturated rings. The minimum Gasteiger partial charge on any atom is -0.341 e. The highest BCUT2D eigenvalue weighted by Gasteiger charge is 2.48. The summed E-state index contributed by atoms with van der Waals surface area (Å²) in [5, 5.41) is 0. The van der Waals surface area contributed by atoms with Gasteiger partial charge in [0.1, 0.15) is 11.7 Å². The van der Waals surface area contributed by atoms with E-state index in [1.807, 2.05) is 27.7 Å². The van der Waals surface area contributed by atoms with Crippen LogP contribution in [0.5, 0.6) is 0 Å². The average Bonchev–Trinajstić information content (AvgIpc) is 2.82. The number of rotatable bonds is 5. The first kappa shape index (κ1) is 11.9. The molecular formula is C10H21NO3. The topological polar surface area (TPSA) is 57.0 Å². The molecule has 1 rings (SSSR count). The third-order valence-electron chi connectivity index (χ3n) is 3.09. The first-order valence-electron chi connectivity index (χ1n) is 5.05. The van der Waals surface area contributed by atoms with E-state index in [-0.39, 0.29) is 12.4 Å². The van der Waals surface area contributed by atoms with Crippen LogP contribution in [-0.2, 0) is 14.3 Å². The number of hydrogen-bond acceptors (Lipinski definition) is 4. The molecule has 0 aromatic carbocycles. The van der Waals surface area contributed by atoms with Crippen LogP contribution in [0.4, 0.5) is 0 Å². The molecule has 2 N–H and O–H groups in total. The Bertz CT molecular complexity index is 204. The zero-order chi connectivity index (χ0) is 11.0. The second-order valence-electron chi connectivity index (χ2n) is 4.71. The average molecular weight is 203 g/mol. The monoisotopic (exact) mass is 203 g/mol. The zero-order valence-electron chi connectivity index (χ0n) is 9.66. The van der Waals surface area contributed by atoms with Gasteiger partial charge in [-0.2, -0.15) is 0 Å². The van der Waals surface area contributed by atoms with Crippen LogP contribution >= 0.6 is 0 Å². The molecule has 1 saturated heterocycles. The van der Waals surface area contributed by atoms with Gasteiger partial charge in [0.05, 0.1) is 5.60 Å². The molecule has 0 amide bonds. The highest BCUT2D eigenvalue weighted by molar-refractivity contribution is 4.91. The van der Waals surface area contributed by atoms with Gasteiger partial charge in [-0.05, 0) is 34.1 Å². The van der Waals surface area contributed by atoms with Crippen LogP contribution in [0.2, 0.25) is 0 Å². The third kappa shape index (κ3) is 2.25. The fourth-order valence-electron chi connectivity index (χ4n) is 1.09. The minimum absolute atomic E-state index is 0.0931. The predicted molar refractivity (Wildman–Crippen MR) is 53.5 cm³/mol. The van der Waals surface area contributed by atoms with Crippen LogP contribution in [0.15, 0.2) is 0 Å². The van der Waals surface area contributed by atoms with Crippen molar-refractivity contribution in [1.82, 2.24) is 0 Å². The molecule has 4 nitrogen and oxygen atoms in total. The maximum atomic E-state index is 5.78. The Morgan fingerprint density at radius 1 is 1.21 bits per heavy atom. The molecule has 2 atom stereocenters. The van der Waals surface area contributed by atoms with Crippen LogP contribution in [-0.4, -0.2) is 23.6 Å². The van der Waals surface area contributed by atoms with E-state index in [1.54, 1.807) is 0 Å². The highest BCUT2D eigenvalue weighted by atomic mass is 16.8. The Hall–Kier alpha value is -0.160. The van der Waals surface area contributed by atoms with Gasteiger partial charge in [0.2, 0.25) is 0 Å². The van der Waals surface area contributed by atoms with E-state index in [0.717, 1.165) is 6.42 Å².